The number of benzene rings is 1. The van der Waals surface area contributed by atoms with Crippen LogP contribution < -0.4 is 10.6 Å². The van der Waals surface area contributed by atoms with Crippen molar-refractivity contribution in [2.75, 3.05) is 13.1 Å². The van der Waals surface area contributed by atoms with Crippen molar-refractivity contribution in [1.82, 2.24) is 10.6 Å². The van der Waals surface area contributed by atoms with Crippen molar-refractivity contribution in [2.45, 2.75) is 19.9 Å². The van der Waals surface area contributed by atoms with E-state index in [0.717, 1.165) is 30.6 Å². The molecule has 0 fully saturated rings. The van der Waals surface area contributed by atoms with Crippen molar-refractivity contribution >= 4 is 5.91 Å². The smallest absolute Gasteiger partial charge is 0.251 e. The van der Waals surface area contributed by atoms with E-state index in [-0.39, 0.29) is 5.91 Å². The van der Waals surface area contributed by atoms with E-state index < -0.39 is 0 Å². The first-order valence-electron chi connectivity index (χ1n) is 5.42. The third-order valence-corrected chi connectivity index (χ3v) is 2.73. The van der Waals surface area contributed by atoms with Gasteiger partial charge in [0.1, 0.15) is 0 Å². The van der Waals surface area contributed by atoms with Crippen molar-refractivity contribution < 1.29 is 4.79 Å². The van der Waals surface area contributed by atoms with Crippen LogP contribution in [0.4, 0.5) is 0 Å². The zero-order valence-electron chi connectivity index (χ0n) is 8.97. The minimum absolute atomic E-state index is 0.0399. The van der Waals surface area contributed by atoms with Crippen LogP contribution >= 0.6 is 0 Å². The van der Waals surface area contributed by atoms with Gasteiger partial charge in [0.15, 0.2) is 0 Å². The van der Waals surface area contributed by atoms with Gasteiger partial charge in [-0.3, -0.25) is 4.79 Å². The van der Waals surface area contributed by atoms with Gasteiger partial charge in [0.05, 0.1) is 0 Å². The number of carbonyl (C=O) groups is 1. The van der Waals surface area contributed by atoms with Crippen LogP contribution in [0.2, 0.25) is 0 Å². The van der Waals surface area contributed by atoms with Crippen molar-refractivity contribution in [1.29, 1.82) is 0 Å². The summed E-state index contributed by atoms with van der Waals surface area (Å²) >= 11 is 0. The van der Waals surface area contributed by atoms with Crippen LogP contribution in [0.3, 0.4) is 0 Å². The Morgan fingerprint density at radius 1 is 1.53 bits per heavy atom. The number of nitrogens with one attached hydrogen (secondary N) is 2. The third-order valence-electron chi connectivity index (χ3n) is 2.73. The molecule has 80 valence electrons. The monoisotopic (exact) mass is 204 g/mol. The van der Waals surface area contributed by atoms with Crippen LogP contribution in [0.5, 0.6) is 0 Å². The zero-order chi connectivity index (χ0) is 10.7. The summed E-state index contributed by atoms with van der Waals surface area (Å²) in [4.78, 5) is 11.8. The minimum atomic E-state index is 0.0399. The maximum absolute atomic E-state index is 11.8. The quantitative estimate of drug-likeness (QED) is 0.757. The first-order valence-corrected chi connectivity index (χ1v) is 5.42. The van der Waals surface area contributed by atoms with Crippen LogP contribution in [-0.2, 0) is 13.0 Å². The molecule has 3 heteroatoms. The molecule has 2 N–H and O–H groups in total. The number of fused-ring (bicyclic) bond motifs is 1. The van der Waals surface area contributed by atoms with Crippen molar-refractivity contribution in [3.63, 3.8) is 0 Å². The summed E-state index contributed by atoms with van der Waals surface area (Å²) in [5, 5.41) is 6.14. The average molecular weight is 204 g/mol. The van der Waals surface area contributed by atoms with Crippen LogP contribution in [-0.4, -0.2) is 19.0 Å². The molecule has 1 aromatic rings. The molecule has 0 atom stereocenters. The second kappa shape index (κ2) is 4.45. The number of carbonyl (C=O) groups excluding carboxylic acids is 1. The van der Waals surface area contributed by atoms with Gasteiger partial charge in [-0.2, -0.15) is 0 Å². The van der Waals surface area contributed by atoms with Gasteiger partial charge in [0.25, 0.3) is 5.91 Å². The zero-order valence-corrected chi connectivity index (χ0v) is 8.97. The molecule has 0 bridgehead atoms. The fourth-order valence-electron chi connectivity index (χ4n) is 1.98. The highest BCUT2D eigenvalue weighted by molar-refractivity contribution is 5.96. The molecule has 0 aromatic heterocycles. The molecule has 1 amide bonds. The molecule has 1 aromatic carbocycles. The van der Waals surface area contributed by atoms with E-state index in [1.54, 1.807) is 0 Å². The summed E-state index contributed by atoms with van der Waals surface area (Å²) in [5.41, 5.74) is 3.29. The van der Waals surface area contributed by atoms with Gasteiger partial charge < -0.3 is 10.6 Å². The average Bonchev–Trinajstić information content (AvgIpc) is 2.28. The summed E-state index contributed by atoms with van der Waals surface area (Å²) in [7, 11) is 0. The van der Waals surface area contributed by atoms with E-state index >= 15 is 0 Å². The molecule has 1 heterocycles. The van der Waals surface area contributed by atoms with E-state index in [1.807, 2.05) is 19.1 Å². The molecule has 0 unspecified atom stereocenters. The maximum Gasteiger partial charge on any atom is 0.251 e. The summed E-state index contributed by atoms with van der Waals surface area (Å²) in [6, 6.07) is 5.98. The Kier molecular flexibility index (Phi) is 3.02. The third kappa shape index (κ3) is 2.02. The van der Waals surface area contributed by atoms with E-state index in [4.69, 9.17) is 0 Å². The Bertz CT molecular complexity index is 374. The number of hydrogen-bond acceptors (Lipinski definition) is 2. The maximum atomic E-state index is 11.8. The molecule has 1 aliphatic rings. The van der Waals surface area contributed by atoms with Crippen LogP contribution in [0.25, 0.3) is 0 Å². The fourth-order valence-corrected chi connectivity index (χ4v) is 1.98. The largest absolute Gasteiger partial charge is 0.352 e. The number of amides is 1. The molecule has 15 heavy (non-hydrogen) atoms. The Balaban J connectivity index is 2.34. The highest BCUT2D eigenvalue weighted by atomic mass is 16.1. The van der Waals surface area contributed by atoms with E-state index in [1.165, 1.54) is 5.56 Å². The minimum Gasteiger partial charge on any atom is -0.352 e. The Morgan fingerprint density at radius 3 is 3.20 bits per heavy atom. The summed E-state index contributed by atoms with van der Waals surface area (Å²) < 4.78 is 0. The Morgan fingerprint density at radius 2 is 2.40 bits per heavy atom. The molecule has 0 saturated carbocycles. The van der Waals surface area contributed by atoms with E-state index in [2.05, 4.69) is 16.7 Å². The molecule has 0 spiro atoms. The van der Waals surface area contributed by atoms with Crippen molar-refractivity contribution in [3.05, 3.63) is 34.9 Å². The Hall–Kier alpha value is -1.35. The second-order valence-corrected chi connectivity index (χ2v) is 3.73. The van der Waals surface area contributed by atoms with Crippen LogP contribution in [0, 0.1) is 0 Å². The molecule has 0 aliphatic carbocycles. The molecule has 0 saturated heterocycles. The Labute approximate surface area is 89.9 Å². The highest BCUT2D eigenvalue weighted by Crippen LogP contribution is 2.18. The normalized spacial score (nSPS) is 14.5. The SMILES string of the molecule is CCNC(=O)c1cccc2c1CNCC2. The molecule has 0 radical (unpaired) electrons. The lowest BCUT2D eigenvalue weighted by atomic mass is 9.95. The molecule has 3 nitrogen and oxygen atoms in total. The van der Waals surface area contributed by atoms with Gasteiger partial charge in [0, 0.05) is 18.7 Å². The predicted molar refractivity (Wildman–Crippen MR) is 59.9 cm³/mol. The van der Waals surface area contributed by atoms with Crippen LogP contribution in [0.1, 0.15) is 28.4 Å². The van der Waals surface area contributed by atoms with Gasteiger partial charge in [-0.1, -0.05) is 12.1 Å². The summed E-state index contributed by atoms with van der Waals surface area (Å²) in [6.45, 7) is 4.43. The lowest BCUT2D eigenvalue weighted by Crippen LogP contribution is -2.29. The molecule has 2 rings (SSSR count). The highest BCUT2D eigenvalue weighted by Gasteiger charge is 2.16. The second-order valence-electron chi connectivity index (χ2n) is 3.73. The summed E-state index contributed by atoms with van der Waals surface area (Å²) in [6.07, 6.45) is 1.02. The van der Waals surface area contributed by atoms with Crippen molar-refractivity contribution in [2.24, 2.45) is 0 Å². The lowest BCUT2D eigenvalue weighted by molar-refractivity contribution is 0.0954. The van der Waals surface area contributed by atoms with Gasteiger partial charge in [-0.25, -0.2) is 0 Å². The predicted octanol–water partition coefficient (Wildman–Crippen LogP) is 1.08. The number of rotatable bonds is 2. The van der Waals surface area contributed by atoms with E-state index in [9.17, 15) is 4.79 Å². The topological polar surface area (TPSA) is 41.1 Å². The molecular weight excluding hydrogens is 188 g/mol. The standard InChI is InChI=1S/C12H16N2O/c1-2-14-12(15)10-5-3-4-9-6-7-13-8-11(9)10/h3-5,13H,2,6-8H2,1H3,(H,14,15). The molecular formula is C12H16N2O. The first-order chi connectivity index (χ1) is 7.33. The van der Waals surface area contributed by atoms with Gasteiger partial charge in [-0.05, 0) is 37.1 Å². The number of hydrogen-bond donors (Lipinski definition) is 2. The summed E-state index contributed by atoms with van der Waals surface area (Å²) in [5.74, 6) is 0.0399. The van der Waals surface area contributed by atoms with Gasteiger partial charge in [0.2, 0.25) is 0 Å². The van der Waals surface area contributed by atoms with Gasteiger partial charge in [-0.15, -0.1) is 0 Å². The fraction of sp³-hybridized carbons (Fsp3) is 0.417. The van der Waals surface area contributed by atoms with Gasteiger partial charge >= 0.3 is 0 Å². The lowest BCUT2D eigenvalue weighted by Gasteiger charge is -2.19. The van der Waals surface area contributed by atoms with Crippen molar-refractivity contribution in [3.8, 4) is 0 Å². The van der Waals surface area contributed by atoms with Crippen LogP contribution in [0.15, 0.2) is 18.2 Å². The first kappa shape index (κ1) is 10.2. The van der Waals surface area contributed by atoms with E-state index in [0.29, 0.717) is 6.54 Å². The molecule has 1 aliphatic heterocycles.